The van der Waals surface area contributed by atoms with E-state index >= 15 is 0 Å². The van der Waals surface area contributed by atoms with Crippen LogP contribution in [0.2, 0.25) is 0 Å². The van der Waals surface area contributed by atoms with Gasteiger partial charge in [-0.3, -0.25) is 4.90 Å². The average molecular weight is 275 g/mol. The van der Waals surface area contributed by atoms with Crippen LogP contribution >= 0.6 is 0 Å². The number of para-hydroxylation sites is 2. The Morgan fingerprint density at radius 2 is 2.00 bits per heavy atom. The van der Waals surface area contributed by atoms with E-state index in [0.717, 1.165) is 37.6 Å². The summed E-state index contributed by atoms with van der Waals surface area (Å²) in [6, 6.07) is 7.85. The Labute approximate surface area is 119 Å². The first-order chi connectivity index (χ1) is 9.79. The molecule has 0 aromatic heterocycles. The van der Waals surface area contributed by atoms with Crippen LogP contribution in [0, 0.1) is 11.8 Å². The smallest absolute Gasteiger partial charge is 0.161 e. The Kier molecular flexibility index (Phi) is 3.08. The molecule has 0 bridgehead atoms. The van der Waals surface area contributed by atoms with Gasteiger partial charge in [0.05, 0.1) is 6.10 Å². The van der Waals surface area contributed by atoms with Gasteiger partial charge < -0.3 is 14.6 Å². The molecule has 1 aromatic rings. The lowest BCUT2D eigenvalue weighted by atomic mass is 10.00. The van der Waals surface area contributed by atoms with Crippen molar-refractivity contribution in [2.75, 3.05) is 26.2 Å². The highest BCUT2D eigenvalue weighted by molar-refractivity contribution is 5.40. The van der Waals surface area contributed by atoms with E-state index < -0.39 is 0 Å². The van der Waals surface area contributed by atoms with Crippen molar-refractivity contribution in [3.05, 3.63) is 24.3 Å². The van der Waals surface area contributed by atoms with Gasteiger partial charge in [-0.15, -0.1) is 0 Å². The molecule has 0 spiro atoms. The van der Waals surface area contributed by atoms with Gasteiger partial charge in [-0.1, -0.05) is 12.1 Å². The number of likely N-dealkylation sites (tertiary alicyclic amines) is 1. The molecule has 1 saturated heterocycles. The highest BCUT2D eigenvalue weighted by Gasteiger charge is 2.42. The molecule has 4 unspecified atom stereocenters. The summed E-state index contributed by atoms with van der Waals surface area (Å²) in [5.74, 6) is 2.86. The molecule has 4 rings (SSSR count). The second-order valence-corrected chi connectivity index (χ2v) is 6.28. The molecule has 1 saturated carbocycles. The van der Waals surface area contributed by atoms with E-state index in [2.05, 4.69) is 4.90 Å². The van der Waals surface area contributed by atoms with Crippen LogP contribution in [-0.2, 0) is 0 Å². The predicted molar refractivity (Wildman–Crippen MR) is 75.0 cm³/mol. The minimum atomic E-state index is -0.0887. The normalized spacial score (nSPS) is 36.0. The molecule has 0 radical (unpaired) electrons. The Bertz CT molecular complexity index is 492. The SMILES string of the molecule is OC1CCC2CN(CC3COc4ccccc4O3)CC12. The van der Waals surface area contributed by atoms with Gasteiger partial charge in [0.1, 0.15) is 12.7 Å². The minimum Gasteiger partial charge on any atom is -0.486 e. The van der Waals surface area contributed by atoms with Gasteiger partial charge in [-0.05, 0) is 30.9 Å². The fourth-order valence-electron chi connectivity index (χ4n) is 3.92. The third-order valence-corrected chi connectivity index (χ3v) is 4.92. The Morgan fingerprint density at radius 3 is 2.85 bits per heavy atom. The lowest BCUT2D eigenvalue weighted by Crippen LogP contribution is -2.40. The number of aliphatic hydroxyl groups excluding tert-OH is 1. The number of rotatable bonds is 2. The second kappa shape index (κ2) is 4.93. The average Bonchev–Trinajstić information content (AvgIpc) is 3.01. The maximum absolute atomic E-state index is 9.97. The summed E-state index contributed by atoms with van der Waals surface area (Å²) in [7, 11) is 0. The molecule has 4 atom stereocenters. The van der Waals surface area contributed by atoms with E-state index in [1.807, 2.05) is 24.3 Å². The summed E-state index contributed by atoms with van der Waals surface area (Å²) in [6.07, 6.45) is 2.17. The summed E-state index contributed by atoms with van der Waals surface area (Å²) in [5, 5.41) is 9.97. The molecular formula is C16H21NO3. The summed E-state index contributed by atoms with van der Waals surface area (Å²) in [5.41, 5.74) is 0. The number of nitrogens with zero attached hydrogens (tertiary/aromatic N) is 1. The van der Waals surface area contributed by atoms with Gasteiger partial charge in [0.2, 0.25) is 0 Å². The molecule has 2 fully saturated rings. The summed E-state index contributed by atoms with van der Waals surface area (Å²) in [6.45, 7) is 3.62. The lowest BCUT2D eigenvalue weighted by Gasteiger charge is -2.29. The Morgan fingerprint density at radius 1 is 1.15 bits per heavy atom. The monoisotopic (exact) mass is 275 g/mol. The number of ether oxygens (including phenoxy) is 2. The van der Waals surface area contributed by atoms with Crippen LogP contribution < -0.4 is 9.47 Å². The third-order valence-electron chi connectivity index (χ3n) is 4.92. The van der Waals surface area contributed by atoms with Crippen molar-refractivity contribution in [3.63, 3.8) is 0 Å². The highest BCUT2D eigenvalue weighted by atomic mass is 16.6. The molecule has 4 heteroatoms. The van der Waals surface area contributed by atoms with Crippen LogP contribution in [0.1, 0.15) is 12.8 Å². The van der Waals surface area contributed by atoms with Gasteiger partial charge in [-0.2, -0.15) is 0 Å². The van der Waals surface area contributed by atoms with Gasteiger partial charge in [0.25, 0.3) is 0 Å². The van der Waals surface area contributed by atoms with Crippen molar-refractivity contribution >= 4 is 0 Å². The maximum atomic E-state index is 9.97. The van der Waals surface area contributed by atoms with E-state index in [4.69, 9.17) is 9.47 Å². The van der Waals surface area contributed by atoms with Crippen LogP contribution in [-0.4, -0.2) is 48.5 Å². The standard InChI is InChI=1S/C16H21NO3/c18-14-6-5-11-7-17(9-13(11)14)8-12-10-19-15-3-1-2-4-16(15)20-12/h1-4,11-14,18H,5-10H2. The van der Waals surface area contributed by atoms with Gasteiger partial charge in [-0.25, -0.2) is 0 Å². The molecule has 108 valence electrons. The minimum absolute atomic E-state index is 0.0887. The number of fused-ring (bicyclic) bond motifs is 2. The van der Waals surface area contributed by atoms with Crippen LogP contribution in [0.25, 0.3) is 0 Å². The van der Waals surface area contributed by atoms with Crippen LogP contribution in [0.3, 0.4) is 0 Å². The first kappa shape index (κ1) is 12.5. The summed E-state index contributed by atoms with van der Waals surface area (Å²) in [4.78, 5) is 2.43. The number of aliphatic hydroxyl groups is 1. The zero-order valence-electron chi connectivity index (χ0n) is 11.6. The van der Waals surface area contributed by atoms with Crippen molar-refractivity contribution in [2.45, 2.75) is 25.0 Å². The predicted octanol–water partition coefficient (Wildman–Crippen LogP) is 1.53. The fourth-order valence-corrected chi connectivity index (χ4v) is 3.92. The van der Waals surface area contributed by atoms with E-state index in [1.165, 1.54) is 6.42 Å². The van der Waals surface area contributed by atoms with Gasteiger partial charge >= 0.3 is 0 Å². The first-order valence-electron chi connectivity index (χ1n) is 7.58. The molecule has 2 heterocycles. The molecular weight excluding hydrogens is 254 g/mol. The number of hydrogen-bond acceptors (Lipinski definition) is 4. The van der Waals surface area contributed by atoms with Crippen molar-refractivity contribution < 1.29 is 14.6 Å². The topological polar surface area (TPSA) is 41.9 Å². The van der Waals surface area contributed by atoms with Crippen LogP contribution in [0.15, 0.2) is 24.3 Å². The zero-order valence-corrected chi connectivity index (χ0v) is 11.6. The van der Waals surface area contributed by atoms with E-state index in [9.17, 15) is 5.11 Å². The quantitative estimate of drug-likeness (QED) is 0.889. The van der Waals surface area contributed by atoms with E-state index in [-0.39, 0.29) is 12.2 Å². The first-order valence-corrected chi connectivity index (χ1v) is 7.58. The third kappa shape index (κ3) is 2.17. The van der Waals surface area contributed by atoms with Crippen LogP contribution in [0.4, 0.5) is 0 Å². The van der Waals surface area contributed by atoms with Crippen LogP contribution in [0.5, 0.6) is 11.5 Å². The fraction of sp³-hybridized carbons (Fsp3) is 0.625. The van der Waals surface area contributed by atoms with Crippen molar-refractivity contribution in [1.29, 1.82) is 0 Å². The Hall–Kier alpha value is -1.26. The molecule has 1 N–H and O–H groups in total. The summed E-state index contributed by atoms with van der Waals surface area (Å²) < 4.78 is 11.8. The zero-order chi connectivity index (χ0) is 13.5. The second-order valence-electron chi connectivity index (χ2n) is 6.28. The van der Waals surface area contributed by atoms with Gasteiger partial charge in [0, 0.05) is 25.6 Å². The van der Waals surface area contributed by atoms with E-state index in [0.29, 0.717) is 18.4 Å². The summed E-state index contributed by atoms with van der Waals surface area (Å²) >= 11 is 0. The number of benzene rings is 1. The highest BCUT2D eigenvalue weighted by Crippen LogP contribution is 2.38. The maximum Gasteiger partial charge on any atom is 0.161 e. The van der Waals surface area contributed by atoms with Crippen molar-refractivity contribution in [2.24, 2.45) is 11.8 Å². The molecule has 1 aromatic carbocycles. The van der Waals surface area contributed by atoms with Crippen molar-refractivity contribution in [3.8, 4) is 11.5 Å². The lowest BCUT2D eigenvalue weighted by molar-refractivity contribution is 0.0589. The molecule has 1 aliphatic carbocycles. The number of hydrogen-bond donors (Lipinski definition) is 1. The van der Waals surface area contributed by atoms with Gasteiger partial charge in [0.15, 0.2) is 11.5 Å². The van der Waals surface area contributed by atoms with E-state index in [1.54, 1.807) is 0 Å². The molecule has 20 heavy (non-hydrogen) atoms. The molecule has 3 aliphatic rings. The molecule has 2 aliphatic heterocycles. The largest absolute Gasteiger partial charge is 0.486 e. The van der Waals surface area contributed by atoms with Crippen molar-refractivity contribution in [1.82, 2.24) is 4.90 Å². The molecule has 0 amide bonds. The Balaban J connectivity index is 1.37. The molecule has 4 nitrogen and oxygen atoms in total.